The molecule has 0 aliphatic heterocycles. The van der Waals surface area contributed by atoms with Crippen molar-refractivity contribution in [1.29, 1.82) is 0 Å². The molecule has 7 nitrogen and oxygen atoms in total. The minimum Gasteiger partial charge on any atom is -0.549 e. The molecule has 0 saturated carbocycles. The number of aliphatic hydroxyl groups excluding tert-OH is 1. The number of nitrogens with one attached hydrogen (secondary N) is 1. The monoisotopic (exact) mass is 216 g/mol. The molecule has 0 aliphatic rings. The molecule has 5 N–H and O–H groups in total. The molecule has 0 aromatic heterocycles. The van der Waals surface area contributed by atoms with Crippen molar-refractivity contribution >= 4 is 11.9 Å². The fraction of sp³-hybridized carbons (Fsp3) is 0.667. The quantitative estimate of drug-likeness (QED) is 0.272. The molecule has 0 aliphatic carbocycles. The Kier molecular flexibility index (Phi) is 17.8. The Hall–Kier alpha value is -0.180. The molecule has 0 saturated heterocycles. The van der Waals surface area contributed by atoms with Crippen LogP contribution in [0.3, 0.4) is 0 Å². The molecule has 0 bridgehead atoms. The van der Waals surface area contributed by atoms with Crippen LogP contribution >= 0.6 is 0 Å². The second-order valence-corrected chi connectivity index (χ2v) is 2.09. The zero-order valence-electron chi connectivity index (χ0n) is 8.19. The van der Waals surface area contributed by atoms with E-state index in [4.69, 9.17) is 10.2 Å². The van der Waals surface area contributed by atoms with Crippen LogP contribution in [-0.4, -0.2) is 41.5 Å². The van der Waals surface area contributed by atoms with Crippen LogP contribution < -0.4 is 45.7 Å². The Balaban J connectivity index is -0.000000209. The number of aliphatic hydroxyl groups is 2. The van der Waals surface area contributed by atoms with Crippen LogP contribution in [0.4, 0.5) is 0 Å². The summed E-state index contributed by atoms with van der Waals surface area (Å²) >= 11 is 0. The third-order valence-electron chi connectivity index (χ3n) is 0.596. The van der Waals surface area contributed by atoms with E-state index in [2.05, 4.69) is 11.1 Å². The fourth-order valence-electron chi connectivity index (χ4n) is 0.303. The van der Waals surface area contributed by atoms with Crippen LogP contribution in [0.2, 0.25) is 0 Å². The normalized spacial score (nSPS) is 8.29. The third-order valence-corrected chi connectivity index (χ3v) is 0.596. The molecule has 14 heavy (non-hydrogen) atoms. The minimum absolute atomic E-state index is 0. The molecular weight excluding hydrogens is 203 g/mol. The van der Waals surface area contributed by atoms with E-state index < -0.39 is 12.3 Å². The summed E-state index contributed by atoms with van der Waals surface area (Å²) in [5.74, 6) is -1.60. The van der Waals surface area contributed by atoms with Crippen molar-refractivity contribution in [2.45, 2.75) is 13.2 Å². The van der Waals surface area contributed by atoms with Crippen LogP contribution in [-0.2, 0) is 9.59 Å². The number of rotatable bonds is 4. The van der Waals surface area contributed by atoms with Gasteiger partial charge >= 0.3 is 29.6 Å². The number of carbonyl (C=O) groups is 2. The van der Waals surface area contributed by atoms with Crippen molar-refractivity contribution < 1.29 is 54.5 Å². The molecule has 8 heteroatoms. The van der Waals surface area contributed by atoms with E-state index in [0.717, 1.165) is 0 Å². The molecule has 0 aromatic rings. The molecule has 0 heterocycles. The third kappa shape index (κ3) is 40.9. The topological polar surface area (TPSA) is 136 Å². The Morgan fingerprint density at radius 2 is 1.86 bits per heavy atom. The maximum atomic E-state index is 9.64. The minimum atomic E-state index is -1.51. The van der Waals surface area contributed by atoms with Gasteiger partial charge in [0.05, 0.1) is 5.97 Å². The molecule has 1 amide bonds. The molecule has 0 aromatic carbocycles. The number of aliphatic carboxylic acids is 1. The first-order chi connectivity index (χ1) is 5.86. The van der Waals surface area contributed by atoms with E-state index in [1.165, 1.54) is 6.92 Å². The van der Waals surface area contributed by atoms with Gasteiger partial charge in [-0.05, 0) is 0 Å². The Labute approximate surface area is 104 Å². The van der Waals surface area contributed by atoms with E-state index in [0.29, 0.717) is 0 Å². The number of primary amides is 1. The SMILES string of the molecule is CC(N)=O.O=C([O-])CNCC(O)O.[Na+]. The van der Waals surface area contributed by atoms with Gasteiger partial charge in [0.1, 0.15) is 0 Å². The second kappa shape index (κ2) is 12.8. The number of hydrogen-bond acceptors (Lipinski definition) is 6. The summed E-state index contributed by atoms with van der Waals surface area (Å²) in [6.07, 6.45) is -1.51. The summed E-state index contributed by atoms with van der Waals surface area (Å²) in [6.45, 7) is 0.783. The van der Waals surface area contributed by atoms with Gasteiger partial charge in [0.15, 0.2) is 6.29 Å². The van der Waals surface area contributed by atoms with Crippen molar-refractivity contribution in [3.05, 3.63) is 0 Å². The van der Waals surface area contributed by atoms with Gasteiger partial charge in [-0.3, -0.25) is 4.79 Å². The van der Waals surface area contributed by atoms with E-state index >= 15 is 0 Å². The van der Waals surface area contributed by atoms with Gasteiger partial charge in [-0.25, -0.2) is 0 Å². The first-order valence-corrected chi connectivity index (χ1v) is 3.39. The summed E-state index contributed by atoms with van der Waals surface area (Å²) in [6, 6.07) is 0. The molecule has 0 atom stereocenters. The van der Waals surface area contributed by atoms with Crippen LogP contribution in [0.25, 0.3) is 0 Å². The summed E-state index contributed by atoms with van der Waals surface area (Å²) in [5.41, 5.74) is 4.47. The van der Waals surface area contributed by atoms with E-state index in [-0.39, 0.29) is 48.6 Å². The van der Waals surface area contributed by atoms with Crippen molar-refractivity contribution in [2.75, 3.05) is 13.1 Å². The fourth-order valence-corrected chi connectivity index (χ4v) is 0.303. The number of carboxylic acids is 1. The smallest absolute Gasteiger partial charge is 0.549 e. The van der Waals surface area contributed by atoms with Gasteiger partial charge in [-0.15, -0.1) is 0 Å². The molecule has 78 valence electrons. The maximum Gasteiger partial charge on any atom is 1.00 e. The standard InChI is InChI=1S/C4H9NO4.C2H5NO.Na/c6-3(7)1-5-2-4(8)9;1-2(3)4;/h3,5-7H,1-2H2,(H,8,9);1H3,(H2,3,4);/q;;+1/p-1. The molecule has 0 unspecified atom stereocenters. The zero-order chi connectivity index (χ0) is 10.9. The number of amides is 1. The van der Waals surface area contributed by atoms with Crippen LogP contribution in [0.1, 0.15) is 6.92 Å². The molecular formula is C6H13N2NaO5. The zero-order valence-corrected chi connectivity index (χ0v) is 10.2. The van der Waals surface area contributed by atoms with E-state index in [9.17, 15) is 14.7 Å². The predicted octanol–water partition coefficient (Wildman–Crippen LogP) is -6.87. The average Bonchev–Trinajstić information content (AvgIpc) is 1.83. The van der Waals surface area contributed by atoms with Crippen molar-refractivity contribution in [3.63, 3.8) is 0 Å². The van der Waals surface area contributed by atoms with Gasteiger partial charge < -0.3 is 31.2 Å². The predicted molar refractivity (Wildman–Crippen MR) is 41.0 cm³/mol. The summed E-state index contributed by atoms with van der Waals surface area (Å²) in [7, 11) is 0. The molecule has 0 spiro atoms. The molecule has 0 radical (unpaired) electrons. The maximum absolute atomic E-state index is 9.64. The second-order valence-electron chi connectivity index (χ2n) is 2.09. The van der Waals surface area contributed by atoms with Gasteiger partial charge in [0, 0.05) is 20.0 Å². The van der Waals surface area contributed by atoms with Crippen molar-refractivity contribution in [1.82, 2.24) is 5.32 Å². The van der Waals surface area contributed by atoms with E-state index in [1.807, 2.05) is 0 Å². The van der Waals surface area contributed by atoms with Gasteiger partial charge in [0.25, 0.3) is 0 Å². The number of hydrogen-bond donors (Lipinski definition) is 4. The average molecular weight is 216 g/mol. The summed E-state index contributed by atoms with van der Waals surface area (Å²) in [4.78, 5) is 18.9. The Morgan fingerprint density at radius 3 is 2.07 bits per heavy atom. The molecule has 0 rings (SSSR count). The van der Waals surface area contributed by atoms with Gasteiger partial charge in [-0.1, -0.05) is 0 Å². The van der Waals surface area contributed by atoms with Crippen LogP contribution in [0, 0.1) is 0 Å². The van der Waals surface area contributed by atoms with Gasteiger partial charge in [-0.2, -0.15) is 0 Å². The molecule has 0 fully saturated rings. The van der Waals surface area contributed by atoms with E-state index in [1.54, 1.807) is 0 Å². The first-order valence-electron chi connectivity index (χ1n) is 3.39. The number of nitrogens with two attached hydrogens (primary N) is 1. The van der Waals surface area contributed by atoms with Crippen molar-refractivity contribution in [3.8, 4) is 0 Å². The summed E-state index contributed by atoms with van der Waals surface area (Å²) in [5, 5.41) is 28.2. The first kappa shape index (κ1) is 19.4. The Bertz CT molecular complexity index is 160. The van der Waals surface area contributed by atoms with Crippen LogP contribution in [0.5, 0.6) is 0 Å². The van der Waals surface area contributed by atoms with Crippen molar-refractivity contribution in [2.24, 2.45) is 5.73 Å². The van der Waals surface area contributed by atoms with Crippen LogP contribution in [0.15, 0.2) is 0 Å². The number of carbonyl (C=O) groups excluding carboxylic acids is 2. The van der Waals surface area contributed by atoms with Gasteiger partial charge in [0.2, 0.25) is 5.91 Å². The largest absolute Gasteiger partial charge is 1.00 e. The number of carboxylic acid groups (broad SMARTS) is 1. The Morgan fingerprint density at radius 1 is 1.50 bits per heavy atom. The summed E-state index contributed by atoms with van der Waals surface area (Å²) < 4.78 is 0.